The summed E-state index contributed by atoms with van der Waals surface area (Å²) in [4.78, 5) is 15.1. The Morgan fingerprint density at radius 3 is 2.33 bits per heavy atom. The van der Waals surface area contributed by atoms with Crippen molar-refractivity contribution in [2.75, 3.05) is 19.7 Å². The molecule has 1 saturated heterocycles. The molecule has 4 rings (SSSR count). The number of nitrogens with zero attached hydrogens (tertiary/aromatic N) is 2. The van der Waals surface area contributed by atoms with Crippen molar-refractivity contribution in [2.45, 2.75) is 46.3 Å². The Hall–Kier alpha value is -3.48. The van der Waals surface area contributed by atoms with Gasteiger partial charge in [0.05, 0.1) is 23.4 Å². The molecule has 0 radical (unpaired) electrons. The highest BCUT2D eigenvalue weighted by Gasteiger charge is 2.27. The zero-order valence-corrected chi connectivity index (χ0v) is 19.4. The van der Waals surface area contributed by atoms with Crippen LogP contribution in [0.2, 0.25) is 0 Å². The molecule has 1 fully saturated rings. The van der Waals surface area contributed by atoms with Crippen LogP contribution < -0.4 is 14.2 Å². The summed E-state index contributed by atoms with van der Waals surface area (Å²) in [5.41, 5.74) is 2.26. The molecule has 0 bridgehead atoms. The van der Waals surface area contributed by atoms with Gasteiger partial charge in [-0.3, -0.25) is 4.79 Å². The molecule has 2 heterocycles. The Bertz CT molecular complexity index is 1070. The molecule has 1 amide bonds. The molecule has 33 heavy (non-hydrogen) atoms. The predicted octanol–water partition coefficient (Wildman–Crippen LogP) is 4.95. The number of aryl methyl sites for hydroxylation is 2. The van der Waals surface area contributed by atoms with Crippen molar-refractivity contribution in [3.05, 3.63) is 71.1 Å². The maximum Gasteiger partial charge on any atom is 0.257 e. The number of piperidine rings is 1. The van der Waals surface area contributed by atoms with E-state index in [4.69, 9.17) is 18.7 Å². The average molecular weight is 451 g/mol. The molecule has 0 N–H and O–H groups in total. The monoisotopic (exact) mass is 450 g/mol. The minimum atomic E-state index is -0.0301. The summed E-state index contributed by atoms with van der Waals surface area (Å²) in [6, 6.07) is 15.1. The molecule has 0 unspecified atom stereocenters. The van der Waals surface area contributed by atoms with Gasteiger partial charge in [0.2, 0.25) is 0 Å². The van der Waals surface area contributed by atoms with Crippen molar-refractivity contribution in [2.24, 2.45) is 0 Å². The minimum absolute atomic E-state index is 0.0301. The van der Waals surface area contributed by atoms with Crippen molar-refractivity contribution in [3.8, 4) is 17.2 Å². The number of carbonyl (C=O) groups excluding carboxylic acids is 1. The topological polar surface area (TPSA) is 74.0 Å². The Morgan fingerprint density at radius 1 is 1.00 bits per heavy atom. The normalized spacial score (nSPS) is 14.2. The van der Waals surface area contributed by atoms with Gasteiger partial charge in [0.15, 0.2) is 11.5 Å². The zero-order chi connectivity index (χ0) is 23.2. The first-order chi connectivity index (χ1) is 16.1. The van der Waals surface area contributed by atoms with E-state index in [9.17, 15) is 4.79 Å². The smallest absolute Gasteiger partial charge is 0.257 e. The van der Waals surface area contributed by atoms with Crippen LogP contribution in [-0.4, -0.2) is 41.8 Å². The number of likely N-dealkylation sites (tertiary alicyclic amines) is 1. The highest BCUT2D eigenvalue weighted by atomic mass is 16.5. The quantitative estimate of drug-likeness (QED) is 0.483. The van der Waals surface area contributed by atoms with E-state index in [1.807, 2.05) is 74.2 Å². The van der Waals surface area contributed by atoms with Crippen molar-refractivity contribution in [1.29, 1.82) is 0 Å². The van der Waals surface area contributed by atoms with Gasteiger partial charge in [-0.05, 0) is 45.0 Å². The first-order valence-electron chi connectivity index (χ1n) is 11.4. The molecule has 7 heteroatoms. The van der Waals surface area contributed by atoms with E-state index < -0.39 is 0 Å². The lowest BCUT2D eigenvalue weighted by molar-refractivity contribution is 0.0585. The third kappa shape index (κ3) is 5.30. The van der Waals surface area contributed by atoms with Crippen LogP contribution in [0.5, 0.6) is 17.2 Å². The number of aromatic nitrogens is 1. The fourth-order valence-electron chi connectivity index (χ4n) is 3.98. The van der Waals surface area contributed by atoms with Crippen LogP contribution in [0.1, 0.15) is 47.1 Å². The summed E-state index contributed by atoms with van der Waals surface area (Å²) < 4.78 is 23.1. The van der Waals surface area contributed by atoms with Crippen LogP contribution in [-0.2, 0) is 6.61 Å². The van der Waals surface area contributed by atoms with Gasteiger partial charge in [0.25, 0.3) is 5.91 Å². The van der Waals surface area contributed by atoms with Crippen molar-refractivity contribution < 1.29 is 23.5 Å². The molecule has 0 atom stereocenters. The molecule has 1 aromatic heterocycles. The second-order valence-corrected chi connectivity index (χ2v) is 8.08. The molecular weight excluding hydrogens is 420 g/mol. The molecule has 1 aliphatic rings. The number of amides is 1. The Balaban J connectivity index is 1.37. The zero-order valence-electron chi connectivity index (χ0n) is 19.4. The van der Waals surface area contributed by atoms with Gasteiger partial charge < -0.3 is 23.6 Å². The molecule has 174 valence electrons. The van der Waals surface area contributed by atoms with Gasteiger partial charge >= 0.3 is 0 Å². The first kappa shape index (κ1) is 22.7. The third-order valence-corrected chi connectivity index (χ3v) is 5.84. The molecule has 0 spiro atoms. The summed E-state index contributed by atoms with van der Waals surface area (Å²) in [7, 11) is 0. The van der Waals surface area contributed by atoms with Gasteiger partial charge in [0.1, 0.15) is 24.2 Å². The number of ether oxygens (including phenoxy) is 3. The van der Waals surface area contributed by atoms with Gasteiger partial charge in [-0.2, -0.15) is 0 Å². The van der Waals surface area contributed by atoms with E-state index in [1.165, 1.54) is 0 Å². The lowest BCUT2D eigenvalue weighted by Gasteiger charge is -2.32. The summed E-state index contributed by atoms with van der Waals surface area (Å²) in [5.74, 6) is 2.76. The summed E-state index contributed by atoms with van der Waals surface area (Å²) in [5, 5.41) is 3.96. The van der Waals surface area contributed by atoms with Crippen molar-refractivity contribution in [3.63, 3.8) is 0 Å². The largest absolute Gasteiger partial charge is 0.490 e. The molecule has 1 aliphatic heterocycles. The summed E-state index contributed by atoms with van der Waals surface area (Å²) in [6.07, 6.45) is 1.56. The second kappa shape index (κ2) is 10.4. The van der Waals surface area contributed by atoms with Gasteiger partial charge in [0, 0.05) is 25.9 Å². The highest BCUT2D eigenvalue weighted by molar-refractivity contribution is 5.97. The minimum Gasteiger partial charge on any atom is -0.490 e. The number of hydrogen-bond acceptors (Lipinski definition) is 6. The van der Waals surface area contributed by atoms with Crippen molar-refractivity contribution in [1.82, 2.24) is 10.1 Å². The van der Waals surface area contributed by atoms with Crippen molar-refractivity contribution >= 4 is 5.91 Å². The Kier molecular flexibility index (Phi) is 7.17. The third-order valence-electron chi connectivity index (χ3n) is 5.84. The van der Waals surface area contributed by atoms with E-state index in [2.05, 4.69) is 5.16 Å². The van der Waals surface area contributed by atoms with E-state index in [0.29, 0.717) is 37.6 Å². The van der Waals surface area contributed by atoms with E-state index in [0.717, 1.165) is 41.4 Å². The van der Waals surface area contributed by atoms with E-state index in [-0.39, 0.29) is 12.0 Å². The Labute approximate surface area is 194 Å². The molecule has 0 saturated carbocycles. The lowest BCUT2D eigenvalue weighted by atomic mass is 10.1. The maximum atomic E-state index is 13.3. The highest BCUT2D eigenvalue weighted by Crippen LogP contribution is 2.30. The van der Waals surface area contributed by atoms with Crippen LogP contribution in [0.3, 0.4) is 0 Å². The van der Waals surface area contributed by atoms with Gasteiger partial charge in [-0.25, -0.2) is 0 Å². The summed E-state index contributed by atoms with van der Waals surface area (Å²) in [6.45, 7) is 7.83. The fourth-order valence-corrected chi connectivity index (χ4v) is 3.98. The average Bonchev–Trinajstić information content (AvgIpc) is 3.16. The van der Waals surface area contributed by atoms with Crippen LogP contribution in [0, 0.1) is 13.8 Å². The van der Waals surface area contributed by atoms with E-state index in [1.54, 1.807) is 0 Å². The number of benzene rings is 2. The standard InChI is InChI=1S/C26H30N2O5/c1-4-30-24-11-7-8-12-25(24)32-20-13-15-28(16-14-20)26(29)21-9-5-6-10-23(21)31-17-22-18(2)27-33-19(22)3/h5-12,20H,4,13-17H2,1-3H3. The van der Waals surface area contributed by atoms with Crippen LogP contribution in [0.4, 0.5) is 0 Å². The molecule has 0 aliphatic carbocycles. The predicted molar refractivity (Wildman–Crippen MR) is 124 cm³/mol. The SMILES string of the molecule is CCOc1ccccc1OC1CCN(C(=O)c2ccccc2OCc2c(C)noc2C)CC1. The van der Waals surface area contributed by atoms with Crippen LogP contribution in [0.25, 0.3) is 0 Å². The number of para-hydroxylation sites is 3. The summed E-state index contributed by atoms with van der Waals surface area (Å²) >= 11 is 0. The second-order valence-electron chi connectivity index (χ2n) is 8.08. The number of rotatable bonds is 8. The maximum absolute atomic E-state index is 13.3. The first-order valence-corrected chi connectivity index (χ1v) is 11.4. The molecule has 3 aromatic rings. The van der Waals surface area contributed by atoms with Gasteiger partial charge in [-0.1, -0.05) is 29.4 Å². The number of hydrogen-bond donors (Lipinski definition) is 0. The van der Waals surface area contributed by atoms with E-state index >= 15 is 0 Å². The van der Waals surface area contributed by atoms with Crippen LogP contribution >= 0.6 is 0 Å². The molecular formula is C26H30N2O5. The fraction of sp³-hybridized carbons (Fsp3) is 0.385. The molecule has 7 nitrogen and oxygen atoms in total. The number of carbonyl (C=O) groups is 1. The van der Waals surface area contributed by atoms with Crippen LogP contribution in [0.15, 0.2) is 53.1 Å². The van der Waals surface area contributed by atoms with Gasteiger partial charge in [-0.15, -0.1) is 0 Å². The Morgan fingerprint density at radius 2 is 1.67 bits per heavy atom. The molecule has 2 aromatic carbocycles. The lowest BCUT2D eigenvalue weighted by Crippen LogP contribution is -2.41.